The molecule has 1 aromatic rings. The number of aromatic nitrogens is 2. The van der Waals surface area contributed by atoms with Crippen molar-refractivity contribution < 1.29 is 5.11 Å². The highest BCUT2D eigenvalue weighted by Crippen LogP contribution is 2.37. The highest BCUT2D eigenvalue weighted by molar-refractivity contribution is 5.12. The van der Waals surface area contributed by atoms with Crippen molar-refractivity contribution in [3.8, 4) is 0 Å². The SMILES string of the molecule is CCc1cc(CC)n(C2C(C)CC(C)CC2O)n1. The largest absolute Gasteiger partial charge is 0.391 e. The van der Waals surface area contributed by atoms with Crippen LogP contribution in [0, 0.1) is 11.8 Å². The standard InChI is InChI=1S/C15H26N2O/c1-5-12-9-13(6-2)17(16-12)15-11(4)7-10(3)8-14(15)18/h9-11,14-15,18H,5-8H2,1-4H3. The molecule has 1 heterocycles. The predicted molar refractivity (Wildman–Crippen MR) is 73.6 cm³/mol. The van der Waals surface area contributed by atoms with Crippen molar-refractivity contribution >= 4 is 0 Å². The molecule has 1 aromatic heterocycles. The third-order valence-corrected chi connectivity index (χ3v) is 4.27. The summed E-state index contributed by atoms with van der Waals surface area (Å²) in [6.45, 7) is 8.78. The summed E-state index contributed by atoms with van der Waals surface area (Å²) in [5.74, 6) is 1.12. The molecule has 0 saturated heterocycles. The maximum absolute atomic E-state index is 10.4. The third kappa shape index (κ3) is 2.46. The molecule has 1 saturated carbocycles. The third-order valence-electron chi connectivity index (χ3n) is 4.27. The normalized spacial score (nSPS) is 32.7. The maximum atomic E-state index is 10.4. The van der Waals surface area contributed by atoms with Crippen LogP contribution >= 0.6 is 0 Å². The summed E-state index contributed by atoms with van der Waals surface area (Å²) in [6.07, 6.45) is 3.79. The van der Waals surface area contributed by atoms with Gasteiger partial charge in [0.25, 0.3) is 0 Å². The smallest absolute Gasteiger partial charge is 0.0806 e. The van der Waals surface area contributed by atoms with E-state index in [1.807, 2.05) is 0 Å². The minimum absolute atomic E-state index is 0.163. The zero-order valence-corrected chi connectivity index (χ0v) is 12.1. The Balaban J connectivity index is 2.31. The molecule has 0 radical (unpaired) electrons. The molecule has 1 aliphatic carbocycles. The lowest BCUT2D eigenvalue weighted by Gasteiger charge is -2.37. The predicted octanol–water partition coefficient (Wildman–Crippen LogP) is 2.98. The van der Waals surface area contributed by atoms with Gasteiger partial charge in [0.05, 0.1) is 17.8 Å². The van der Waals surface area contributed by atoms with Gasteiger partial charge in [-0.3, -0.25) is 4.68 Å². The summed E-state index contributed by atoms with van der Waals surface area (Å²) in [5, 5.41) is 15.1. The molecule has 0 bridgehead atoms. The van der Waals surface area contributed by atoms with E-state index in [1.165, 1.54) is 12.1 Å². The second kappa shape index (κ2) is 5.43. The fraction of sp³-hybridized carbons (Fsp3) is 0.800. The van der Waals surface area contributed by atoms with Crippen molar-refractivity contribution in [3.05, 3.63) is 17.5 Å². The molecule has 0 aliphatic heterocycles. The maximum Gasteiger partial charge on any atom is 0.0806 e. The molecule has 2 rings (SSSR count). The second-order valence-corrected chi connectivity index (χ2v) is 5.89. The Bertz CT molecular complexity index is 387. The Kier molecular flexibility index (Phi) is 4.10. The van der Waals surface area contributed by atoms with Crippen LogP contribution < -0.4 is 0 Å². The number of hydrogen-bond donors (Lipinski definition) is 1. The molecule has 18 heavy (non-hydrogen) atoms. The zero-order chi connectivity index (χ0) is 13.3. The molecule has 4 unspecified atom stereocenters. The fourth-order valence-corrected chi connectivity index (χ4v) is 3.39. The van der Waals surface area contributed by atoms with Gasteiger partial charge < -0.3 is 5.11 Å². The molecule has 0 amide bonds. The monoisotopic (exact) mass is 250 g/mol. The molecule has 0 spiro atoms. The molecular weight excluding hydrogens is 224 g/mol. The number of nitrogens with zero attached hydrogens (tertiary/aromatic N) is 2. The summed E-state index contributed by atoms with van der Waals surface area (Å²) >= 11 is 0. The molecule has 3 nitrogen and oxygen atoms in total. The second-order valence-electron chi connectivity index (χ2n) is 5.89. The van der Waals surface area contributed by atoms with Crippen LogP contribution in [-0.2, 0) is 12.8 Å². The van der Waals surface area contributed by atoms with Crippen molar-refractivity contribution in [1.29, 1.82) is 0 Å². The first-order valence-corrected chi connectivity index (χ1v) is 7.32. The van der Waals surface area contributed by atoms with Crippen molar-refractivity contribution in [3.63, 3.8) is 0 Å². The van der Waals surface area contributed by atoms with E-state index < -0.39 is 0 Å². The lowest BCUT2D eigenvalue weighted by atomic mass is 9.78. The van der Waals surface area contributed by atoms with Crippen molar-refractivity contribution in [2.45, 2.75) is 65.5 Å². The van der Waals surface area contributed by atoms with Crippen LogP contribution in [0.1, 0.15) is 58.0 Å². The van der Waals surface area contributed by atoms with Crippen LogP contribution in [0.2, 0.25) is 0 Å². The summed E-state index contributed by atoms with van der Waals surface area (Å²) in [7, 11) is 0. The molecule has 1 fully saturated rings. The number of aliphatic hydroxyl groups excluding tert-OH is 1. The highest BCUT2D eigenvalue weighted by Gasteiger charge is 2.35. The van der Waals surface area contributed by atoms with Gasteiger partial charge in [0.1, 0.15) is 0 Å². The van der Waals surface area contributed by atoms with Gasteiger partial charge in [-0.2, -0.15) is 5.10 Å². The van der Waals surface area contributed by atoms with Gasteiger partial charge in [-0.15, -0.1) is 0 Å². The van der Waals surface area contributed by atoms with E-state index in [1.54, 1.807) is 0 Å². The number of hydrogen-bond acceptors (Lipinski definition) is 2. The molecule has 0 aromatic carbocycles. The van der Waals surface area contributed by atoms with E-state index in [-0.39, 0.29) is 12.1 Å². The Morgan fingerprint density at radius 1 is 1.28 bits per heavy atom. The summed E-state index contributed by atoms with van der Waals surface area (Å²) < 4.78 is 2.11. The van der Waals surface area contributed by atoms with Gasteiger partial charge in [-0.1, -0.05) is 27.7 Å². The van der Waals surface area contributed by atoms with Crippen LogP contribution in [0.15, 0.2) is 6.07 Å². The topological polar surface area (TPSA) is 38.0 Å². The summed E-state index contributed by atoms with van der Waals surface area (Å²) in [5.41, 5.74) is 2.40. The number of aliphatic hydroxyl groups is 1. The van der Waals surface area contributed by atoms with Gasteiger partial charge in [0, 0.05) is 5.69 Å². The van der Waals surface area contributed by atoms with Gasteiger partial charge in [0.2, 0.25) is 0 Å². The van der Waals surface area contributed by atoms with Crippen molar-refractivity contribution in [2.24, 2.45) is 11.8 Å². The molecule has 4 atom stereocenters. The van der Waals surface area contributed by atoms with Gasteiger partial charge >= 0.3 is 0 Å². The lowest BCUT2D eigenvalue weighted by molar-refractivity contribution is 0.0164. The Morgan fingerprint density at radius 3 is 2.56 bits per heavy atom. The van der Waals surface area contributed by atoms with E-state index in [0.29, 0.717) is 11.8 Å². The first-order chi connectivity index (χ1) is 8.56. The van der Waals surface area contributed by atoms with E-state index in [0.717, 1.165) is 25.0 Å². The Labute approximate surface area is 110 Å². The van der Waals surface area contributed by atoms with Crippen LogP contribution in [0.3, 0.4) is 0 Å². The molecule has 1 aliphatic rings. The van der Waals surface area contributed by atoms with Gasteiger partial charge in [-0.05, 0) is 43.6 Å². The van der Waals surface area contributed by atoms with Crippen LogP contribution in [0.5, 0.6) is 0 Å². The first-order valence-electron chi connectivity index (χ1n) is 7.32. The molecule has 102 valence electrons. The Hall–Kier alpha value is -0.830. The highest BCUT2D eigenvalue weighted by atomic mass is 16.3. The van der Waals surface area contributed by atoms with Crippen LogP contribution in [-0.4, -0.2) is 21.0 Å². The molecule has 3 heteroatoms. The van der Waals surface area contributed by atoms with Crippen LogP contribution in [0.4, 0.5) is 0 Å². The average Bonchev–Trinajstić information content (AvgIpc) is 2.71. The quantitative estimate of drug-likeness (QED) is 0.895. The number of rotatable bonds is 3. The van der Waals surface area contributed by atoms with E-state index in [9.17, 15) is 5.11 Å². The average molecular weight is 250 g/mol. The minimum atomic E-state index is -0.251. The van der Waals surface area contributed by atoms with Crippen molar-refractivity contribution in [2.75, 3.05) is 0 Å². The minimum Gasteiger partial charge on any atom is -0.391 e. The van der Waals surface area contributed by atoms with Gasteiger partial charge in [-0.25, -0.2) is 0 Å². The fourth-order valence-electron chi connectivity index (χ4n) is 3.39. The van der Waals surface area contributed by atoms with Gasteiger partial charge in [0.15, 0.2) is 0 Å². The summed E-state index contributed by atoms with van der Waals surface area (Å²) in [6, 6.07) is 2.36. The summed E-state index contributed by atoms with van der Waals surface area (Å²) in [4.78, 5) is 0. The molecular formula is C15H26N2O. The first kappa shape index (κ1) is 13.6. The zero-order valence-electron chi connectivity index (χ0n) is 12.1. The Morgan fingerprint density at radius 2 is 2.00 bits per heavy atom. The van der Waals surface area contributed by atoms with Crippen molar-refractivity contribution in [1.82, 2.24) is 9.78 Å². The number of aryl methyl sites for hydroxylation is 2. The lowest BCUT2D eigenvalue weighted by Crippen LogP contribution is -2.37. The van der Waals surface area contributed by atoms with E-state index in [4.69, 9.17) is 5.10 Å². The van der Waals surface area contributed by atoms with E-state index >= 15 is 0 Å². The van der Waals surface area contributed by atoms with E-state index in [2.05, 4.69) is 38.4 Å². The van der Waals surface area contributed by atoms with Crippen LogP contribution in [0.25, 0.3) is 0 Å². The molecule has 1 N–H and O–H groups in total.